The van der Waals surface area contributed by atoms with Crippen molar-refractivity contribution in [1.29, 1.82) is 0 Å². The van der Waals surface area contributed by atoms with Crippen molar-refractivity contribution >= 4 is 16.8 Å². The fraction of sp³-hybridized carbons (Fsp3) is 0.741. The number of carbonyl (C=O) groups excluding carboxylic acids is 1. The van der Waals surface area contributed by atoms with E-state index in [-0.39, 0.29) is 11.3 Å². The minimum Gasteiger partial charge on any atom is -0.297 e. The fourth-order valence-electron chi connectivity index (χ4n) is 8.87. The topological polar surface area (TPSA) is 47.8 Å². The maximum absolute atomic E-state index is 13.5. The van der Waals surface area contributed by atoms with Gasteiger partial charge < -0.3 is 0 Å². The molecule has 0 spiro atoms. The molecule has 0 bridgehead atoms. The molecule has 0 aromatic carbocycles. The summed E-state index contributed by atoms with van der Waals surface area (Å²) in [5.74, 6) is 6.12. The van der Waals surface area contributed by atoms with Crippen LogP contribution in [0.5, 0.6) is 0 Å². The van der Waals surface area contributed by atoms with Crippen molar-refractivity contribution in [2.45, 2.75) is 78.2 Å². The van der Waals surface area contributed by atoms with Crippen molar-refractivity contribution in [2.75, 3.05) is 0 Å². The van der Waals surface area contributed by atoms with Gasteiger partial charge in [-0.05, 0) is 104 Å². The molecule has 4 fully saturated rings. The number of fused-ring (bicyclic) bond motifs is 6. The highest BCUT2D eigenvalue weighted by atomic mass is 16.1. The number of hydrogen-bond donors (Lipinski definition) is 0. The molecule has 4 nitrogen and oxygen atoms in total. The van der Waals surface area contributed by atoms with Gasteiger partial charge in [-0.1, -0.05) is 20.3 Å². The second-order valence-electron chi connectivity index (χ2n) is 11.7. The van der Waals surface area contributed by atoms with Crippen LogP contribution in [0.4, 0.5) is 0 Å². The van der Waals surface area contributed by atoms with Crippen molar-refractivity contribution < 1.29 is 4.79 Å². The first kappa shape index (κ1) is 19.9. The lowest BCUT2D eigenvalue weighted by molar-refractivity contribution is -0.131. The van der Waals surface area contributed by atoms with Crippen LogP contribution in [-0.2, 0) is 11.3 Å². The molecule has 4 heteroatoms. The molecule has 0 saturated heterocycles. The van der Waals surface area contributed by atoms with E-state index in [1.54, 1.807) is 6.20 Å². The largest absolute Gasteiger partial charge is 0.297 e. The summed E-state index contributed by atoms with van der Waals surface area (Å²) >= 11 is 0. The summed E-state index contributed by atoms with van der Waals surface area (Å²) in [7, 11) is 0. The van der Waals surface area contributed by atoms with Crippen LogP contribution >= 0.6 is 0 Å². The molecule has 4 aliphatic rings. The highest BCUT2D eigenvalue weighted by molar-refractivity contribution is 5.82. The Bertz CT molecular complexity index is 949. The molecular weight excluding hydrogens is 382 g/mol. The quantitative estimate of drug-likeness (QED) is 0.622. The number of ketones is 1. The summed E-state index contributed by atoms with van der Waals surface area (Å²) in [6.07, 6.45) is 16.0. The summed E-state index contributed by atoms with van der Waals surface area (Å²) in [5, 5.41) is 4.60. The Morgan fingerprint density at radius 2 is 1.94 bits per heavy atom. The van der Waals surface area contributed by atoms with Crippen LogP contribution < -0.4 is 0 Å². The minimum atomic E-state index is 0.206. The van der Waals surface area contributed by atoms with E-state index >= 15 is 0 Å². The van der Waals surface area contributed by atoms with Gasteiger partial charge in [-0.25, -0.2) is 0 Å². The third-order valence-electron chi connectivity index (χ3n) is 10.2. The van der Waals surface area contributed by atoms with Gasteiger partial charge in [-0.15, -0.1) is 0 Å². The SMILES string of the molecule is CC1CC[C@@H]2C3CCC4(C)C(C(=O)Cn5cc6ncccc6n5)CCC4C3CC[C@@H]2C1. The zero-order chi connectivity index (χ0) is 21.2. The summed E-state index contributed by atoms with van der Waals surface area (Å²) in [4.78, 5) is 17.9. The summed E-state index contributed by atoms with van der Waals surface area (Å²) < 4.78 is 1.83. The Morgan fingerprint density at radius 3 is 2.81 bits per heavy atom. The van der Waals surface area contributed by atoms with Crippen molar-refractivity contribution in [3.05, 3.63) is 24.5 Å². The average molecular weight is 420 g/mol. The van der Waals surface area contributed by atoms with Gasteiger partial charge in [0.15, 0.2) is 5.78 Å². The maximum Gasteiger partial charge on any atom is 0.157 e. The van der Waals surface area contributed by atoms with Crippen molar-refractivity contribution in [2.24, 2.45) is 46.8 Å². The second kappa shape index (κ2) is 7.42. The number of carbonyl (C=O) groups is 1. The third kappa shape index (κ3) is 3.19. The number of nitrogens with zero attached hydrogens (tertiary/aromatic N) is 3. The molecule has 0 amide bonds. The van der Waals surface area contributed by atoms with E-state index in [0.717, 1.165) is 53.0 Å². The predicted octanol–water partition coefficient (Wildman–Crippen LogP) is 5.91. The Kier molecular flexibility index (Phi) is 4.77. The van der Waals surface area contributed by atoms with E-state index in [9.17, 15) is 4.79 Å². The molecular formula is C27H37N3O. The van der Waals surface area contributed by atoms with Gasteiger partial charge in [0.25, 0.3) is 0 Å². The molecule has 4 aliphatic carbocycles. The van der Waals surface area contributed by atoms with E-state index in [1.165, 1.54) is 51.4 Å². The van der Waals surface area contributed by atoms with Crippen molar-refractivity contribution in [1.82, 2.24) is 14.8 Å². The van der Waals surface area contributed by atoms with Gasteiger partial charge in [0, 0.05) is 12.1 Å². The second-order valence-corrected chi connectivity index (χ2v) is 11.7. The lowest BCUT2D eigenvalue weighted by Crippen LogP contribution is -2.49. The lowest BCUT2D eigenvalue weighted by Gasteiger charge is -2.56. The van der Waals surface area contributed by atoms with E-state index in [2.05, 4.69) is 23.9 Å². The monoisotopic (exact) mass is 419 g/mol. The van der Waals surface area contributed by atoms with Gasteiger partial charge in [0.1, 0.15) is 11.0 Å². The van der Waals surface area contributed by atoms with E-state index in [0.29, 0.717) is 12.3 Å². The number of Topliss-reactive ketones (excluding diaryl/α,β-unsaturated/α-hetero) is 1. The maximum atomic E-state index is 13.5. The van der Waals surface area contributed by atoms with E-state index in [1.807, 2.05) is 23.0 Å². The number of rotatable bonds is 3. The van der Waals surface area contributed by atoms with Gasteiger partial charge in [0.2, 0.25) is 0 Å². The van der Waals surface area contributed by atoms with Crippen LogP contribution in [-0.4, -0.2) is 20.5 Å². The number of hydrogen-bond acceptors (Lipinski definition) is 3. The molecule has 2 aromatic heterocycles. The standard InChI is InChI=1S/C27H37N3O/c1-17-5-7-19-18(14-17)6-8-21-20(19)11-12-27(2)22(21)9-10-23(27)26(31)16-30-15-25-24(29-30)4-3-13-28-25/h3-4,13,15,17-23H,5-12,14,16H2,1-2H3/t17?,18-,19+,20?,21?,22?,23?,27?/m1/s1. The molecule has 8 atom stereocenters. The molecule has 166 valence electrons. The van der Waals surface area contributed by atoms with E-state index in [4.69, 9.17) is 0 Å². The molecule has 0 radical (unpaired) electrons. The van der Waals surface area contributed by atoms with E-state index < -0.39 is 0 Å². The fourth-order valence-corrected chi connectivity index (χ4v) is 8.87. The first-order valence-electron chi connectivity index (χ1n) is 12.8. The first-order valence-corrected chi connectivity index (χ1v) is 12.8. The van der Waals surface area contributed by atoms with Crippen LogP contribution in [0.2, 0.25) is 0 Å². The number of aromatic nitrogens is 3. The molecule has 4 saturated carbocycles. The number of pyridine rings is 1. The summed E-state index contributed by atoms with van der Waals surface area (Å²) in [5.41, 5.74) is 1.97. The average Bonchev–Trinajstić information content (AvgIpc) is 3.33. The van der Waals surface area contributed by atoms with Crippen LogP contribution in [0.3, 0.4) is 0 Å². The normalized spacial score (nSPS) is 42.1. The van der Waals surface area contributed by atoms with Gasteiger partial charge in [0.05, 0.1) is 12.7 Å². The minimum absolute atomic E-state index is 0.206. The van der Waals surface area contributed by atoms with Gasteiger partial charge in [-0.3, -0.25) is 14.5 Å². The first-order chi connectivity index (χ1) is 15.0. The molecule has 31 heavy (non-hydrogen) atoms. The molecule has 6 unspecified atom stereocenters. The molecule has 6 rings (SSSR count). The summed E-state index contributed by atoms with van der Waals surface area (Å²) in [6.45, 7) is 5.34. The Labute approximate surface area is 186 Å². The molecule has 0 N–H and O–H groups in total. The van der Waals surface area contributed by atoms with Gasteiger partial charge >= 0.3 is 0 Å². The van der Waals surface area contributed by atoms with Crippen LogP contribution in [0, 0.1) is 46.8 Å². The Morgan fingerprint density at radius 1 is 1.06 bits per heavy atom. The lowest BCUT2D eigenvalue weighted by atomic mass is 9.49. The Hall–Kier alpha value is -1.71. The zero-order valence-electron chi connectivity index (χ0n) is 19.2. The smallest absolute Gasteiger partial charge is 0.157 e. The molecule has 0 aliphatic heterocycles. The highest BCUT2D eigenvalue weighted by Gasteiger charge is 2.58. The van der Waals surface area contributed by atoms with Crippen LogP contribution in [0.1, 0.15) is 71.6 Å². The zero-order valence-corrected chi connectivity index (χ0v) is 19.2. The molecule has 2 heterocycles. The summed E-state index contributed by atoms with van der Waals surface area (Å²) in [6, 6.07) is 3.88. The van der Waals surface area contributed by atoms with Crippen LogP contribution in [0.15, 0.2) is 24.5 Å². The predicted molar refractivity (Wildman–Crippen MR) is 122 cm³/mol. The highest BCUT2D eigenvalue weighted by Crippen LogP contribution is 2.64. The van der Waals surface area contributed by atoms with Crippen LogP contribution in [0.25, 0.3) is 11.0 Å². The third-order valence-corrected chi connectivity index (χ3v) is 10.2. The van der Waals surface area contributed by atoms with Gasteiger partial charge in [-0.2, -0.15) is 5.10 Å². The van der Waals surface area contributed by atoms with Crippen molar-refractivity contribution in [3.8, 4) is 0 Å². The molecule has 2 aromatic rings. The Balaban J connectivity index is 1.19. The van der Waals surface area contributed by atoms with Crippen molar-refractivity contribution in [3.63, 3.8) is 0 Å².